The van der Waals surface area contributed by atoms with Gasteiger partial charge in [0.05, 0.1) is 60.9 Å². The van der Waals surface area contributed by atoms with E-state index in [1.54, 1.807) is 38.1 Å². The summed E-state index contributed by atoms with van der Waals surface area (Å²) < 4.78 is 10.8. The number of benzene rings is 4. The Kier molecular flexibility index (Phi) is 23.5. The van der Waals surface area contributed by atoms with Gasteiger partial charge in [-0.25, -0.2) is 0 Å². The number of fused-ring (bicyclic) bond motifs is 2. The van der Waals surface area contributed by atoms with Crippen molar-refractivity contribution < 1.29 is 58.0 Å². The fourth-order valence-corrected chi connectivity index (χ4v) is 12.1. The van der Waals surface area contributed by atoms with Gasteiger partial charge in [0.2, 0.25) is 23.6 Å². The van der Waals surface area contributed by atoms with Crippen LogP contribution in [-0.4, -0.2) is 124 Å². The van der Waals surface area contributed by atoms with Crippen LogP contribution in [0.5, 0.6) is 0 Å². The van der Waals surface area contributed by atoms with Gasteiger partial charge in [-0.15, -0.1) is 0 Å². The Bertz CT molecular complexity index is 2540. The molecule has 2 aliphatic carbocycles. The summed E-state index contributed by atoms with van der Waals surface area (Å²) in [6.45, 7) is 2.92. The summed E-state index contributed by atoms with van der Waals surface area (Å²) in [5.74, 6) is -5.63. The minimum atomic E-state index is -1.37. The first-order valence-corrected chi connectivity index (χ1v) is 27.9. The fourth-order valence-electron chi connectivity index (χ4n) is 12.1. The largest absolute Gasteiger partial charge is 2.00 e. The van der Waals surface area contributed by atoms with Gasteiger partial charge in [0.25, 0.3) is 0 Å². The normalized spacial score (nSPS) is 18.8. The Morgan fingerprint density at radius 3 is 1.23 bits per heavy atom. The molecule has 0 aromatic heterocycles. The molecular weight excluding hydrogens is 1030 g/mol. The number of rotatable bonds is 22. The van der Waals surface area contributed by atoms with E-state index in [2.05, 4.69) is 10.6 Å². The average molecular weight is 1110 g/mol. The van der Waals surface area contributed by atoms with Crippen molar-refractivity contribution in [1.82, 2.24) is 10.6 Å². The van der Waals surface area contributed by atoms with Gasteiger partial charge >= 0.3 is 49.7 Å². The first kappa shape index (κ1) is 62.1. The number of hydrogen-bond donors (Lipinski definition) is 2. The van der Waals surface area contributed by atoms with Gasteiger partial charge in [-0.05, 0) is 138 Å². The third-order valence-corrected chi connectivity index (χ3v) is 16.1. The molecule has 0 bridgehead atoms. The number of esters is 2. The number of nitrogens with one attached hydrogen (secondary N) is 2. The van der Waals surface area contributed by atoms with Crippen LogP contribution in [0.2, 0.25) is 0 Å². The SMILES string of the molecule is CCOC(=O)[C@H](CCc1ccccc1)CC1(C(=O)N[C@H]2CCc3ccccc3N(CC(=O)[O-])C2=O)CCCC1.CCOC(=O)[C@H](CCc1ccccc1)CC1(C(=O)N[C@H]2CCc3ccccc3N(CC(=O)[O-])C2=O)CCCC1.[Ca+2]. The molecule has 0 saturated heterocycles. The summed E-state index contributed by atoms with van der Waals surface area (Å²) >= 11 is 0. The Morgan fingerprint density at radius 2 is 0.886 bits per heavy atom. The summed E-state index contributed by atoms with van der Waals surface area (Å²) in [5.41, 5.74) is 3.43. The second kappa shape index (κ2) is 29.9. The van der Waals surface area contributed by atoms with Crippen molar-refractivity contribution in [3.8, 4) is 0 Å². The van der Waals surface area contributed by atoms with Crippen molar-refractivity contribution in [3.63, 3.8) is 0 Å². The number of para-hydroxylation sites is 2. The maximum absolute atomic E-state index is 13.9. The summed E-state index contributed by atoms with van der Waals surface area (Å²) in [4.78, 5) is 106. The average Bonchev–Trinajstić information content (AvgIpc) is 4.14. The van der Waals surface area contributed by atoms with E-state index < -0.39 is 71.6 Å². The summed E-state index contributed by atoms with van der Waals surface area (Å²) in [5, 5.41) is 28.9. The first-order valence-electron chi connectivity index (χ1n) is 27.9. The predicted octanol–water partition coefficient (Wildman–Crippen LogP) is 5.55. The molecule has 2 heterocycles. The second-order valence-electron chi connectivity index (χ2n) is 21.3. The smallest absolute Gasteiger partial charge is 0.548 e. The molecule has 2 saturated carbocycles. The summed E-state index contributed by atoms with van der Waals surface area (Å²) in [7, 11) is 0. The standard InChI is InChI=1S/2C31H38N2O6.Ca/c2*1-2-39-29(37)24(15-14-22-10-4-3-5-11-22)20-31(18-8-9-19-31)30(38)32-25-17-16-23-12-6-7-13-26(23)33(28(25)36)21-27(34)35;/h2*3-7,10-13,24-25H,2,8-9,14-21H2,1H3,(H,32,38)(H,34,35);/q;;+2/p-2/t2*24-,25+;/m11./s1. The number of amides is 4. The van der Waals surface area contributed by atoms with Crippen LogP contribution in [-0.2, 0) is 73.5 Å². The number of aryl methyl sites for hydroxylation is 4. The quantitative estimate of drug-likeness (QED) is 0.0730. The molecule has 2 N–H and O–H groups in total. The predicted molar refractivity (Wildman–Crippen MR) is 295 cm³/mol. The van der Waals surface area contributed by atoms with Crippen LogP contribution in [0.4, 0.5) is 11.4 Å². The Hall–Kier alpha value is -6.10. The molecule has 4 aromatic carbocycles. The number of aliphatic carboxylic acids is 2. The Morgan fingerprint density at radius 1 is 0.544 bits per heavy atom. The Labute approximate surface area is 493 Å². The minimum Gasteiger partial charge on any atom is -0.548 e. The molecular formula is C62H74CaN4O12. The third-order valence-electron chi connectivity index (χ3n) is 16.1. The molecule has 0 spiro atoms. The molecule has 8 rings (SSSR count). The molecule has 4 atom stereocenters. The van der Waals surface area contributed by atoms with Crippen LogP contribution in [0.15, 0.2) is 109 Å². The number of carboxylic acids is 2. The van der Waals surface area contributed by atoms with E-state index in [0.29, 0.717) is 101 Å². The molecule has 0 radical (unpaired) electrons. The molecule has 0 unspecified atom stereocenters. The molecule has 4 amide bonds. The molecule has 17 heteroatoms. The van der Waals surface area contributed by atoms with Crippen LogP contribution >= 0.6 is 0 Å². The number of anilines is 2. The van der Waals surface area contributed by atoms with Crippen molar-refractivity contribution >= 4 is 96.6 Å². The van der Waals surface area contributed by atoms with Gasteiger partial charge in [0, 0.05) is 11.4 Å². The first-order chi connectivity index (χ1) is 37.7. The molecule has 4 aromatic rings. The second-order valence-corrected chi connectivity index (χ2v) is 21.3. The third kappa shape index (κ3) is 16.5. The van der Waals surface area contributed by atoms with Crippen molar-refractivity contribution in [2.75, 3.05) is 36.1 Å². The van der Waals surface area contributed by atoms with E-state index in [-0.39, 0.29) is 74.7 Å². The molecule has 2 aliphatic heterocycles. The molecule has 416 valence electrons. The number of hydrogen-bond acceptors (Lipinski definition) is 12. The van der Waals surface area contributed by atoms with E-state index in [1.165, 1.54) is 9.80 Å². The van der Waals surface area contributed by atoms with E-state index >= 15 is 0 Å². The summed E-state index contributed by atoms with van der Waals surface area (Å²) in [6.07, 6.45) is 11.0. The zero-order valence-corrected chi connectivity index (χ0v) is 48.0. The zero-order valence-electron chi connectivity index (χ0n) is 45.8. The van der Waals surface area contributed by atoms with Crippen LogP contribution in [0.25, 0.3) is 0 Å². The van der Waals surface area contributed by atoms with Crippen molar-refractivity contribution in [2.24, 2.45) is 22.7 Å². The number of ether oxygens (including phenoxy) is 2. The Balaban J connectivity index is 0.000000252. The van der Waals surface area contributed by atoms with Crippen LogP contribution < -0.4 is 30.6 Å². The van der Waals surface area contributed by atoms with Gasteiger partial charge in [-0.1, -0.05) is 123 Å². The zero-order chi connectivity index (χ0) is 55.7. The monoisotopic (exact) mass is 1110 g/mol. The van der Waals surface area contributed by atoms with Gasteiger partial charge in [0.15, 0.2) is 0 Å². The van der Waals surface area contributed by atoms with Crippen molar-refractivity contribution in [2.45, 2.75) is 142 Å². The van der Waals surface area contributed by atoms with E-state index in [0.717, 1.165) is 47.9 Å². The molecule has 4 aliphatic rings. The minimum absolute atomic E-state index is 0. The topological polar surface area (TPSA) is 232 Å². The number of nitrogens with zero attached hydrogens (tertiary/aromatic N) is 2. The van der Waals surface area contributed by atoms with Crippen molar-refractivity contribution in [3.05, 3.63) is 131 Å². The van der Waals surface area contributed by atoms with E-state index in [4.69, 9.17) is 9.47 Å². The van der Waals surface area contributed by atoms with Gasteiger partial charge in [-0.2, -0.15) is 0 Å². The maximum atomic E-state index is 13.9. The van der Waals surface area contributed by atoms with Gasteiger partial charge in [0.1, 0.15) is 12.1 Å². The number of carbonyl (C=O) groups excluding carboxylic acids is 8. The van der Waals surface area contributed by atoms with Crippen LogP contribution in [0, 0.1) is 22.7 Å². The number of carboxylic acid groups (broad SMARTS) is 2. The van der Waals surface area contributed by atoms with Gasteiger partial charge in [-0.3, -0.25) is 28.8 Å². The van der Waals surface area contributed by atoms with E-state index in [1.807, 2.05) is 84.9 Å². The van der Waals surface area contributed by atoms with Gasteiger partial charge < -0.3 is 49.7 Å². The molecule has 16 nitrogen and oxygen atoms in total. The molecule has 2 fully saturated rings. The van der Waals surface area contributed by atoms with E-state index in [9.17, 15) is 48.6 Å². The van der Waals surface area contributed by atoms with Crippen LogP contribution in [0.3, 0.4) is 0 Å². The van der Waals surface area contributed by atoms with Crippen molar-refractivity contribution in [1.29, 1.82) is 0 Å². The fraction of sp³-hybridized carbons (Fsp3) is 0.484. The molecule has 79 heavy (non-hydrogen) atoms. The summed E-state index contributed by atoms with van der Waals surface area (Å²) in [6, 6.07) is 32.5. The number of carbonyl (C=O) groups is 8. The van der Waals surface area contributed by atoms with Crippen LogP contribution in [0.1, 0.15) is 126 Å². The maximum Gasteiger partial charge on any atom is 2.00 e.